The van der Waals surface area contributed by atoms with E-state index in [1.165, 1.54) is 37.3 Å². The fourth-order valence-electron chi connectivity index (χ4n) is 6.16. The number of nitriles is 1. The number of anilines is 1. The van der Waals surface area contributed by atoms with E-state index in [0.29, 0.717) is 12.2 Å². The normalized spacial score (nSPS) is 25.2. The number of carbonyl (C=O) groups is 2. The highest BCUT2D eigenvalue weighted by Crippen LogP contribution is 2.51. The lowest BCUT2D eigenvalue weighted by molar-refractivity contribution is -0.134. The van der Waals surface area contributed by atoms with Gasteiger partial charge in [0.2, 0.25) is 0 Å². The third-order valence-corrected chi connectivity index (χ3v) is 7.90. The summed E-state index contributed by atoms with van der Waals surface area (Å²) in [7, 11) is 0. The van der Waals surface area contributed by atoms with Crippen LogP contribution in [0.2, 0.25) is 0 Å². The Labute approximate surface area is 216 Å². The number of hydrogen-bond donors (Lipinski definition) is 2. The first kappa shape index (κ1) is 26.4. The largest absolute Gasteiger partial charge is 0.478 e. The molecule has 2 unspecified atom stereocenters. The molecule has 2 aromatic rings. The fraction of sp³-hybridized carbons (Fsp3) is 0.414. The average Bonchev–Trinajstić information content (AvgIpc) is 3.48. The minimum absolute atomic E-state index is 0.124. The van der Waals surface area contributed by atoms with E-state index < -0.39 is 17.8 Å². The highest BCUT2D eigenvalue weighted by atomic mass is 19.1. The summed E-state index contributed by atoms with van der Waals surface area (Å²) in [6, 6.07) is 18.7. The van der Waals surface area contributed by atoms with Gasteiger partial charge in [0.15, 0.2) is 0 Å². The van der Waals surface area contributed by atoms with E-state index in [2.05, 4.69) is 40.1 Å². The second-order valence-electron chi connectivity index (χ2n) is 10.0. The number of carboxylic acid groups (broad SMARTS) is 2. The van der Waals surface area contributed by atoms with E-state index in [9.17, 15) is 14.0 Å². The van der Waals surface area contributed by atoms with E-state index in [-0.39, 0.29) is 5.56 Å². The number of carboxylic acids is 2. The number of hydrogen-bond acceptors (Lipinski definition) is 5. The van der Waals surface area contributed by atoms with Gasteiger partial charge in [0.05, 0.1) is 5.56 Å². The minimum Gasteiger partial charge on any atom is -0.478 e. The van der Waals surface area contributed by atoms with Crippen LogP contribution in [0.5, 0.6) is 0 Å². The molecule has 0 amide bonds. The van der Waals surface area contributed by atoms with Crippen LogP contribution >= 0.6 is 0 Å². The molecule has 8 heteroatoms. The number of rotatable bonds is 5. The molecule has 0 aromatic heterocycles. The van der Waals surface area contributed by atoms with Crippen molar-refractivity contribution in [2.45, 2.75) is 37.6 Å². The van der Waals surface area contributed by atoms with Crippen molar-refractivity contribution < 1.29 is 24.2 Å². The summed E-state index contributed by atoms with van der Waals surface area (Å²) in [5, 5.41) is 24.5. The summed E-state index contributed by atoms with van der Waals surface area (Å²) in [6.07, 6.45) is 6.52. The maximum Gasteiger partial charge on any atom is 0.328 e. The Kier molecular flexibility index (Phi) is 8.57. The van der Waals surface area contributed by atoms with Crippen LogP contribution in [0.3, 0.4) is 0 Å². The van der Waals surface area contributed by atoms with E-state index >= 15 is 0 Å². The van der Waals surface area contributed by atoms with E-state index in [4.69, 9.17) is 15.5 Å². The maximum absolute atomic E-state index is 14.0. The van der Waals surface area contributed by atoms with Crippen molar-refractivity contribution in [3.8, 4) is 6.07 Å². The van der Waals surface area contributed by atoms with Crippen molar-refractivity contribution >= 4 is 17.6 Å². The highest BCUT2D eigenvalue weighted by molar-refractivity contribution is 5.89. The smallest absolute Gasteiger partial charge is 0.328 e. The third kappa shape index (κ3) is 6.75. The van der Waals surface area contributed by atoms with E-state index in [1.807, 2.05) is 12.1 Å². The van der Waals surface area contributed by atoms with Crippen molar-refractivity contribution in [3.63, 3.8) is 0 Å². The molecule has 0 bridgehead atoms. The van der Waals surface area contributed by atoms with Crippen LogP contribution in [0, 0.1) is 29.0 Å². The van der Waals surface area contributed by atoms with Gasteiger partial charge in [-0.3, -0.25) is 4.90 Å². The van der Waals surface area contributed by atoms with Gasteiger partial charge in [-0.15, -0.1) is 0 Å². The lowest BCUT2D eigenvalue weighted by Gasteiger charge is -2.39. The number of nitrogens with zero attached hydrogens (tertiary/aromatic N) is 3. The van der Waals surface area contributed by atoms with E-state index in [0.717, 1.165) is 55.7 Å². The molecular weight excluding hydrogens is 473 g/mol. The van der Waals surface area contributed by atoms with Crippen LogP contribution in [0.15, 0.2) is 60.7 Å². The van der Waals surface area contributed by atoms with Gasteiger partial charge in [0.25, 0.3) is 0 Å². The van der Waals surface area contributed by atoms with Crippen LogP contribution in [0.25, 0.3) is 0 Å². The zero-order valence-corrected chi connectivity index (χ0v) is 20.7. The van der Waals surface area contributed by atoms with Gasteiger partial charge in [-0.1, -0.05) is 30.3 Å². The van der Waals surface area contributed by atoms with Crippen molar-refractivity contribution in [1.29, 1.82) is 5.26 Å². The van der Waals surface area contributed by atoms with Gasteiger partial charge in [0.1, 0.15) is 11.9 Å². The Hall–Kier alpha value is -3.70. The predicted octanol–water partition coefficient (Wildman–Crippen LogP) is 4.50. The first-order valence-electron chi connectivity index (χ1n) is 12.7. The second kappa shape index (κ2) is 12.0. The lowest BCUT2D eigenvalue weighted by Crippen LogP contribution is -2.50. The lowest BCUT2D eigenvalue weighted by atomic mass is 9.94. The Morgan fingerprint density at radius 2 is 1.49 bits per heavy atom. The Morgan fingerprint density at radius 1 is 0.892 bits per heavy atom. The standard InChI is InChI=1S/C25H28FN3.C4H4O4/c26-25-16-23(7-6-19(25)17-27)28-8-10-29(11-9-28)24-14-21-12-20(13-22(21)15-24)18-4-2-1-3-5-18;5-3(6)1-2-4(7)8/h1-7,16,20-22,24H,8-15H2;1-2H,(H,5,6)(H,7,8)/b;2-1+. The summed E-state index contributed by atoms with van der Waals surface area (Å²) in [5.74, 6) is -0.397. The first-order valence-corrected chi connectivity index (χ1v) is 12.7. The van der Waals surface area contributed by atoms with Crippen molar-refractivity contribution in [2.24, 2.45) is 11.8 Å². The van der Waals surface area contributed by atoms with Crippen molar-refractivity contribution in [3.05, 3.63) is 77.6 Å². The summed E-state index contributed by atoms with van der Waals surface area (Å²) in [5.41, 5.74) is 2.55. The first-order chi connectivity index (χ1) is 17.8. The summed E-state index contributed by atoms with van der Waals surface area (Å²) >= 11 is 0. The Morgan fingerprint density at radius 3 is 2.00 bits per heavy atom. The topological polar surface area (TPSA) is 105 Å². The predicted molar refractivity (Wildman–Crippen MR) is 138 cm³/mol. The molecule has 1 saturated heterocycles. The fourth-order valence-corrected chi connectivity index (χ4v) is 6.16. The van der Waals surface area contributed by atoms with Gasteiger partial charge >= 0.3 is 11.9 Å². The molecule has 194 valence electrons. The molecule has 3 aliphatic rings. The molecule has 1 heterocycles. The molecule has 2 saturated carbocycles. The summed E-state index contributed by atoms with van der Waals surface area (Å²) in [6.45, 7) is 3.97. The van der Waals surface area contributed by atoms with Gasteiger partial charge in [-0.2, -0.15) is 5.26 Å². The minimum atomic E-state index is -1.26. The molecule has 1 aliphatic heterocycles. The second-order valence-corrected chi connectivity index (χ2v) is 10.0. The number of piperazine rings is 1. The Bertz CT molecular complexity index is 1140. The van der Waals surface area contributed by atoms with Gasteiger partial charge in [-0.25, -0.2) is 14.0 Å². The number of benzene rings is 2. The summed E-state index contributed by atoms with van der Waals surface area (Å²) < 4.78 is 14.0. The van der Waals surface area contributed by atoms with Crippen LogP contribution < -0.4 is 4.90 Å². The number of aliphatic carboxylic acids is 2. The molecule has 2 atom stereocenters. The molecule has 3 fully saturated rings. The van der Waals surface area contributed by atoms with Gasteiger partial charge in [-0.05, 0) is 67.2 Å². The number of fused-ring (bicyclic) bond motifs is 1. The molecule has 37 heavy (non-hydrogen) atoms. The maximum atomic E-state index is 14.0. The van der Waals surface area contributed by atoms with Gasteiger partial charge in [0, 0.05) is 50.1 Å². The highest BCUT2D eigenvalue weighted by Gasteiger charge is 2.43. The zero-order chi connectivity index (χ0) is 26.4. The SMILES string of the molecule is N#Cc1ccc(N2CCN(C3CC4CC(c5ccccc5)CC4C3)CC2)cc1F.O=C(O)/C=C/C(=O)O. The molecule has 2 aromatic carbocycles. The van der Waals surface area contributed by atoms with Crippen molar-refractivity contribution in [2.75, 3.05) is 31.1 Å². The molecule has 2 aliphatic carbocycles. The number of halogens is 1. The quantitative estimate of drug-likeness (QED) is 0.577. The molecule has 7 nitrogen and oxygen atoms in total. The summed E-state index contributed by atoms with van der Waals surface area (Å²) in [4.78, 5) is 24.0. The van der Waals surface area contributed by atoms with Gasteiger partial charge < -0.3 is 15.1 Å². The average molecular weight is 506 g/mol. The molecule has 5 rings (SSSR count). The molecular formula is C29H32FN3O4. The van der Waals surface area contributed by atoms with Crippen molar-refractivity contribution in [1.82, 2.24) is 4.90 Å². The van der Waals surface area contributed by atoms with Crippen LogP contribution in [0.4, 0.5) is 10.1 Å². The monoisotopic (exact) mass is 505 g/mol. The van der Waals surface area contributed by atoms with Crippen LogP contribution in [0.1, 0.15) is 42.7 Å². The Balaban J connectivity index is 0.000000349. The molecule has 0 radical (unpaired) electrons. The van der Waals surface area contributed by atoms with E-state index in [1.54, 1.807) is 6.07 Å². The molecule has 0 spiro atoms. The van der Waals surface area contributed by atoms with Crippen LogP contribution in [-0.4, -0.2) is 59.3 Å². The van der Waals surface area contributed by atoms with Crippen LogP contribution in [-0.2, 0) is 9.59 Å². The zero-order valence-electron chi connectivity index (χ0n) is 20.7. The molecule has 2 N–H and O–H groups in total. The third-order valence-electron chi connectivity index (χ3n) is 7.90.